The molecule has 0 amide bonds. The Hall–Kier alpha value is -2.00. The summed E-state index contributed by atoms with van der Waals surface area (Å²) in [5.74, 6) is 1.92. The van der Waals surface area contributed by atoms with Crippen molar-refractivity contribution in [1.82, 2.24) is 0 Å². The van der Waals surface area contributed by atoms with Crippen LogP contribution < -0.4 is 15.2 Å². The monoisotopic (exact) mass is 325 g/mol. The van der Waals surface area contributed by atoms with Crippen LogP contribution in [0.15, 0.2) is 36.4 Å². The fraction of sp³-hybridized carbons (Fsp3) is 0.429. The molecule has 2 aromatic carbocycles. The molecule has 3 heteroatoms. The highest BCUT2D eigenvalue weighted by Gasteiger charge is 2.26. The summed E-state index contributed by atoms with van der Waals surface area (Å²) >= 11 is 0. The van der Waals surface area contributed by atoms with Crippen LogP contribution in [0.25, 0.3) is 0 Å². The molecule has 2 aromatic rings. The number of hydrogen-bond donors (Lipinski definition) is 1. The molecule has 0 radical (unpaired) electrons. The molecule has 2 unspecified atom stereocenters. The molecule has 2 N–H and O–H groups in total. The molecule has 1 aliphatic rings. The topological polar surface area (TPSA) is 44.5 Å². The molecule has 0 aliphatic heterocycles. The fourth-order valence-corrected chi connectivity index (χ4v) is 3.74. The van der Waals surface area contributed by atoms with Crippen molar-refractivity contribution in [3.8, 4) is 11.5 Å². The minimum Gasteiger partial charge on any atom is -0.493 e. The smallest absolute Gasteiger partial charge is 0.161 e. The molecule has 2 atom stereocenters. The van der Waals surface area contributed by atoms with Crippen LogP contribution in [0.5, 0.6) is 11.5 Å². The van der Waals surface area contributed by atoms with Gasteiger partial charge in [0.05, 0.1) is 14.2 Å². The highest BCUT2D eigenvalue weighted by atomic mass is 16.5. The van der Waals surface area contributed by atoms with Gasteiger partial charge in [0.1, 0.15) is 0 Å². The SMILES string of the molecule is CCC(N)CC1c2ccccc2CCc2cc(OC)c(OC)cc21. The standard InChI is InChI=1S/C21H27NO2/c1-4-16(22)12-19-17-8-6-5-7-14(17)9-10-15-11-20(23-2)21(24-3)13-18(15)19/h5-8,11,13,16,19H,4,9-10,12,22H2,1-3H3. The molecule has 24 heavy (non-hydrogen) atoms. The van der Waals surface area contributed by atoms with Crippen molar-refractivity contribution in [1.29, 1.82) is 0 Å². The zero-order valence-electron chi connectivity index (χ0n) is 14.8. The summed E-state index contributed by atoms with van der Waals surface area (Å²) in [5.41, 5.74) is 11.9. The Morgan fingerprint density at radius 2 is 1.67 bits per heavy atom. The van der Waals surface area contributed by atoms with Gasteiger partial charge < -0.3 is 15.2 Å². The number of aryl methyl sites for hydroxylation is 2. The van der Waals surface area contributed by atoms with E-state index in [0.29, 0.717) is 5.92 Å². The third kappa shape index (κ3) is 3.13. The van der Waals surface area contributed by atoms with Crippen LogP contribution in [0.3, 0.4) is 0 Å². The molecule has 0 heterocycles. The Balaban J connectivity index is 2.15. The summed E-state index contributed by atoms with van der Waals surface area (Å²) < 4.78 is 11.1. The molecule has 0 spiro atoms. The average molecular weight is 325 g/mol. The van der Waals surface area contributed by atoms with Gasteiger partial charge in [0.2, 0.25) is 0 Å². The lowest BCUT2D eigenvalue weighted by atomic mass is 9.83. The quantitative estimate of drug-likeness (QED) is 0.901. The second-order valence-corrected chi connectivity index (χ2v) is 6.56. The van der Waals surface area contributed by atoms with Crippen LogP contribution in [0.1, 0.15) is 47.9 Å². The van der Waals surface area contributed by atoms with E-state index < -0.39 is 0 Å². The van der Waals surface area contributed by atoms with Crippen molar-refractivity contribution < 1.29 is 9.47 Å². The molecular weight excluding hydrogens is 298 g/mol. The third-order valence-corrected chi connectivity index (χ3v) is 5.18. The Morgan fingerprint density at radius 3 is 2.38 bits per heavy atom. The van der Waals surface area contributed by atoms with E-state index in [9.17, 15) is 0 Å². The van der Waals surface area contributed by atoms with E-state index in [0.717, 1.165) is 37.2 Å². The van der Waals surface area contributed by atoms with Gasteiger partial charge in [-0.1, -0.05) is 31.2 Å². The lowest BCUT2D eigenvalue weighted by Crippen LogP contribution is -2.23. The number of rotatable bonds is 5. The summed E-state index contributed by atoms with van der Waals surface area (Å²) in [5, 5.41) is 0. The maximum Gasteiger partial charge on any atom is 0.161 e. The lowest BCUT2D eigenvalue weighted by Gasteiger charge is -2.24. The van der Waals surface area contributed by atoms with E-state index >= 15 is 0 Å². The zero-order valence-corrected chi connectivity index (χ0v) is 14.8. The Kier molecular flexibility index (Phi) is 5.10. The first-order valence-corrected chi connectivity index (χ1v) is 8.76. The third-order valence-electron chi connectivity index (χ3n) is 5.18. The highest BCUT2D eigenvalue weighted by Crippen LogP contribution is 2.42. The Morgan fingerprint density at radius 1 is 1.00 bits per heavy atom. The Labute approximate surface area is 144 Å². The molecule has 0 saturated carbocycles. The van der Waals surface area contributed by atoms with Gasteiger partial charge in [-0.25, -0.2) is 0 Å². The summed E-state index contributed by atoms with van der Waals surface area (Å²) in [7, 11) is 3.39. The summed E-state index contributed by atoms with van der Waals surface area (Å²) in [6, 6.07) is 13.3. The maximum atomic E-state index is 6.34. The summed E-state index contributed by atoms with van der Waals surface area (Å²) in [6.45, 7) is 2.16. The number of benzene rings is 2. The van der Waals surface area contributed by atoms with E-state index in [1.165, 1.54) is 22.3 Å². The molecular formula is C21H27NO2. The van der Waals surface area contributed by atoms with Gasteiger partial charge in [0.15, 0.2) is 11.5 Å². The fourth-order valence-electron chi connectivity index (χ4n) is 3.74. The minimum atomic E-state index is 0.196. The lowest BCUT2D eigenvalue weighted by molar-refractivity contribution is 0.353. The molecule has 0 saturated heterocycles. The average Bonchev–Trinajstić information content (AvgIpc) is 2.77. The van der Waals surface area contributed by atoms with E-state index in [1.807, 2.05) is 0 Å². The highest BCUT2D eigenvalue weighted by molar-refractivity contribution is 5.53. The van der Waals surface area contributed by atoms with Crippen LogP contribution >= 0.6 is 0 Å². The predicted octanol–water partition coefficient (Wildman–Crippen LogP) is 4.06. The second-order valence-electron chi connectivity index (χ2n) is 6.56. The molecule has 1 aliphatic carbocycles. The van der Waals surface area contributed by atoms with Crippen LogP contribution in [-0.4, -0.2) is 20.3 Å². The van der Waals surface area contributed by atoms with Gasteiger partial charge in [-0.3, -0.25) is 0 Å². The number of nitrogens with two attached hydrogens (primary N) is 1. The van der Waals surface area contributed by atoms with Gasteiger partial charge in [-0.2, -0.15) is 0 Å². The largest absolute Gasteiger partial charge is 0.493 e. The van der Waals surface area contributed by atoms with Crippen molar-refractivity contribution in [2.45, 2.75) is 44.6 Å². The van der Waals surface area contributed by atoms with E-state index in [-0.39, 0.29) is 6.04 Å². The first-order valence-electron chi connectivity index (χ1n) is 8.76. The van der Waals surface area contributed by atoms with Crippen LogP contribution in [0.2, 0.25) is 0 Å². The molecule has 0 aromatic heterocycles. The van der Waals surface area contributed by atoms with Crippen molar-refractivity contribution in [2.24, 2.45) is 5.73 Å². The number of methoxy groups -OCH3 is 2. The molecule has 3 nitrogen and oxygen atoms in total. The van der Waals surface area contributed by atoms with E-state index in [2.05, 4.69) is 43.3 Å². The molecule has 128 valence electrons. The zero-order chi connectivity index (χ0) is 17.1. The first-order chi connectivity index (χ1) is 11.7. The van der Waals surface area contributed by atoms with Gasteiger partial charge >= 0.3 is 0 Å². The van der Waals surface area contributed by atoms with Crippen LogP contribution in [0.4, 0.5) is 0 Å². The predicted molar refractivity (Wildman–Crippen MR) is 98.1 cm³/mol. The second kappa shape index (κ2) is 7.27. The van der Waals surface area contributed by atoms with E-state index in [1.54, 1.807) is 14.2 Å². The van der Waals surface area contributed by atoms with Crippen molar-refractivity contribution in [3.63, 3.8) is 0 Å². The van der Waals surface area contributed by atoms with Crippen molar-refractivity contribution >= 4 is 0 Å². The molecule has 3 rings (SSSR count). The number of ether oxygens (including phenoxy) is 2. The summed E-state index contributed by atoms with van der Waals surface area (Å²) in [6.07, 6.45) is 4.01. The molecule has 0 fully saturated rings. The normalized spacial score (nSPS) is 17.4. The van der Waals surface area contributed by atoms with E-state index in [4.69, 9.17) is 15.2 Å². The van der Waals surface area contributed by atoms with Gasteiger partial charge in [-0.05, 0) is 60.1 Å². The maximum absolute atomic E-state index is 6.34. The minimum absolute atomic E-state index is 0.196. The number of hydrogen-bond acceptors (Lipinski definition) is 3. The van der Waals surface area contributed by atoms with Crippen LogP contribution in [-0.2, 0) is 12.8 Å². The van der Waals surface area contributed by atoms with Crippen LogP contribution in [0, 0.1) is 0 Å². The molecule has 0 bridgehead atoms. The van der Waals surface area contributed by atoms with Crippen molar-refractivity contribution in [3.05, 3.63) is 58.7 Å². The Bertz CT molecular complexity index is 711. The number of fused-ring (bicyclic) bond motifs is 2. The van der Waals surface area contributed by atoms with Gasteiger partial charge in [-0.15, -0.1) is 0 Å². The van der Waals surface area contributed by atoms with Gasteiger partial charge in [0, 0.05) is 12.0 Å². The summed E-state index contributed by atoms with van der Waals surface area (Å²) in [4.78, 5) is 0. The van der Waals surface area contributed by atoms with Gasteiger partial charge in [0.25, 0.3) is 0 Å². The van der Waals surface area contributed by atoms with Crippen molar-refractivity contribution in [2.75, 3.05) is 14.2 Å². The first kappa shape index (κ1) is 16.8.